The number of rotatable bonds is 4. The molecule has 41 heavy (non-hydrogen) atoms. The standard InChI is InChI=1S/C34H43N5O2/c1-20-21(18-25-28-27(20)34(7,8)14-16-38(28)15-13-33(25,5)6)17-24-29(32(2,3)4)37-39-30(35-36-31(24)39)23-19-22(40-9)11-12-26(23)41-10/h11-12,17-19H,13-16H2,1-10H3. The molecule has 0 bridgehead atoms. The van der Waals surface area contributed by atoms with Crippen LogP contribution in [0.15, 0.2) is 24.3 Å². The van der Waals surface area contributed by atoms with E-state index in [-0.39, 0.29) is 16.2 Å². The molecule has 4 aromatic rings. The van der Waals surface area contributed by atoms with Crippen molar-refractivity contribution in [3.8, 4) is 22.9 Å². The van der Waals surface area contributed by atoms with E-state index in [1.54, 1.807) is 14.2 Å². The molecule has 7 nitrogen and oxygen atoms in total. The minimum absolute atomic E-state index is 0.110. The quantitative estimate of drug-likeness (QED) is 0.303. The van der Waals surface area contributed by atoms with Gasteiger partial charge in [0.25, 0.3) is 0 Å². The zero-order valence-corrected chi connectivity index (χ0v) is 26.3. The monoisotopic (exact) mass is 553 g/mol. The lowest BCUT2D eigenvalue weighted by molar-refractivity contribution is 0.400. The van der Waals surface area contributed by atoms with E-state index in [1.807, 2.05) is 22.7 Å². The number of benzene rings is 2. The minimum Gasteiger partial charge on any atom is -0.497 e. The number of methoxy groups -OCH3 is 2. The van der Waals surface area contributed by atoms with Crippen LogP contribution in [-0.4, -0.2) is 47.1 Å². The molecular weight excluding hydrogens is 510 g/mol. The lowest BCUT2D eigenvalue weighted by Gasteiger charge is -2.49. The SMILES string of the molecule is COc1ccc(OC)c(-c2nnc3c(=Cc4cc5c6c(c4C)C(C)(C)CCN6CCC5(C)C)c(C(C)(C)C)nn23)c1. The molecule has 0 radical (unpaired) electrons. The summed E-state index contributed by atoms with van der Waals surface area (Å²) >= 11 is 0. The predicted octanol–water partition coefficient (Wildman–Crippen LogP) is 6.13. The summed E-state index contributed by atoms with van der Waals surface area (Å²) in [5.41, 5.74) is 9.59. The van der Waals surface area contributed by atoms with Crippen LogP contribution >= 0.6 is 0 Å². The van der Waals surface area contributed by atoms with Crippen LogP contribution < -0.4 is 19.6 Å². The Kier molecular flexibility index (Phi) is 6.18. The summed E-state index contributed by atoms with van der Waals surface area (Å²) in [6, 6.07) is 8.15. The van der Waals surface area contributed by atoms with E-state index in [9.17, 15) is 0 Å². The maximum absolute atomic E-state index is 5.69. The van der Waals surface area contributed by atoms with Crippen LogP contribution in [0.3, 0.4) is 0 Å². The maximum Gasteiger partial charge on any atom is 0.189 e. The van der Waals surface area contributed by atoms with Crippen molar-refractivity contribution in [2.24, 2.45) is 0 Å². The van der Waals surface area contributed by atoms with Crippen molar-refractivity contribution in [2.45, 2.75) is 84.5 Å². The predicted molar refractivity (Wildman–Crippen MR) is 165 cm³/mol. The van der Waals surface area contributed by atoms with E-state index in [2.05, 4.69) is 77.5 Å². The molecule has 0 atom stereocenters. The highest BCUT2D eigenvalue weighted by Crippen LogP contribution is 2.51. The summed E-state index contributed by atoms with van der Waals surface area (Å²) in [6.07, 6.45) is 4.64. The fourth-order valence-corrected chi connectivity index (χ4v) is 6.84. The van der Waals surface area contributed by atoms with Gasteiger partial charge in [-0.15, -0.1) is 10.2 Å². The van der Waals surface area contributed by atoms with Gasteiger partial charge in [-0.05, 0) is 83.2 Å². The summed E-state index contributed by atoms with van der Waals surface area (Å²) in [6.45, 7) is 20.8. The van der Waals surface area contributed by atoms with Gasteiger partial charge in [0, 0.05) is 29.4 Å². The first-order valence-corrected chi connectivity index (χ1v) is 14.7. The molecule has 0 saturated heterocycles. The minimum atomic E-state index is -0.200. The number of anilines is 1. The van der Waals surface area contributed by atoms with E-state index in [0.717, 1.165) is 53.8 Å². The second-order valence-corrected chi connectivity index (χ2v) is 14.1. The molecule has 2 aliphatic heterocycles. The molecule has 0 amide bonds. The smallest absolute Gasteiger partial charge is 0.189 e. The Balaban J connectivity index is 1.65. The average Bonchev–Trinajstić information content (AvgIpc) is 3.48. The number of fused-ring (bicyclic) bond motifs is 1. The Labute approximate surface area is 243 Å². The molecule has 0 N–H and O–H groups in total. The van der Waals surface area contributed by atoms with Gasteiger partial charge < -0.3 is 14.4 Å². The van der Waals surface area contributed by atoms with Crippen molar-refractivity contribution in [2.75, 3.05) is 32.2 Å². The molecule has 0 fully saturated rings. The van der Waals surface area contributed by atoms with Crippen LogP contribution in [0.1, 0.15) is 89.3 Å². The fraction of sp³-hybridized carbons (Fsp3) is 0.500. The van der Waals surface area contributed by atoms with Gasteiger partial charge in [0.1, 0.15) is 11.5 Å². The van der Waals surface area contributed by atoms with Gasteiger partial charge in [0.05, 0.1) is 25.5 Å². The number of hydrogen-bond acceptors (Lipinski definition) is 6. The van der Waals surface area contributed by atoms with Crippen LogP contribution in [-0.2, 0) is 16.2 Å². The molecule has 6 rings (SSSR count). The van der Waals surface area contributed by atoms with Gasteiger partial charge in [-0.25, -0.2) is 0 Å². The van der Waals surface area contributed by atoms with E-state index >= 15 is 0 Å². The van der Waals surface area contributed by atoms with Crippen molar-refractivity contribution in [1.29, 1.82) is 0 Å². The second-order valence-electron chi connectivity index (χ2n) is 14.1. The summed E-state index contributed by atoms with van der Waals surface area (Å²) < 4.78 is 13.1. The van der Waals surface area contributed by atoms with E-state index in [1.165, 1.54) is 27.9 Å². The molecule has 216 valence electrons. The zero-order chi connectivity index (χ0) is 29.5. The first-order valence-electron chi connectivity index (χ1n) is 14.7. The van der Waals surface area contributed by atoms with Crippen molar-refractivity contribution in [3.05, 3.63) is 57.4 Å². The normalized spacial score (nSPS) is 18.1. The fourth-order valence-electron chi connectivity index (χ4n) is 6.84. The molecule has 0 spiro atoms. The van der Waals surface area contributed by atoms with E-state index in [0.29, 0.717) is 11.6 Å². The van der Waals surface area contributed by atoms with Crippen LogP contribution in [0, 0.1) is 6.92 Å². The summed E-state index contributed by atoms with van der Waals surface area (Å²) in [5, 5.41) is 15.5. The molecule has 4 heterocycles. The van der Waals surface area contributed by atoms with E-state index in [4.69, 9.17) is 19.7 Å². The molecule has 2 aromatic heterocycles. The highest BCUT2D eigenvalue weighted by Gasteiger charge is 2.41. The highest BCUT2D eigenvalue weighted by molar-refractivity contribution is 5.76. The van der Waals surface area contributed by atoms with Crippen molar-refractivity contribution >= 4 is 17.4 Å². The van der Waals surface area contributed by atoms with E-state index < -0.39 is 0 Å². The van der Waals surface area contributed by atoms with Gasteiger partial charge >= 0.3 is 0 Å². The third-order valence-corrected chi connectivity index (χ3v) is 9.33. The summed E-state index contributed by atoms with van der Waals surface area (Å²) in [7, 11) is 3.32. The Bertz CT molecular complexity index is 1720. The Morgan fingerprint density at radius 2 is 1.63 bits per heavy atom. The zero-order valence-electron chi connectivity index (χ0n) is 26.3. The first-order chi connectivity index (χ1) is 19.3. The largest absolute Gasteiger partial charge is 0.497 e. The number of hydrogen-bond donors (Lipinski definition) is 0. The van der Waals surface area contributed by atoms with Gasteiger partial charge in [0.2, 0.25) is 0 Å². The number of aromatic nitrogens is 4. The highest BCUT2D eigenvalue weighted by atomic mass is 16.5. The average molecular weight is 554 g/mol. The number of ether oxygens (including phenoxy) is 2. The summed E-state index contributed by atoms with van der Waals surface area (Å²) in [4.78, 5) is 2.63. The molecule has 2 aromatic carbocycles. The van der Waals surface area contributed by atoms with Crippen molar-refractivity contribution in [1.82, 2.24) is 19.8 Å². The summed E-state index contributed by atoms with van der Waals surface area (Å²) in [5.74, 6) is 2.06. The number of nitrogens with zero attached hydrogens (tertiary/aromatic N) is 5. The molecule has 0 aliphatic carbocycles. The molecule has 7 heteroatoms. The maximum atomic E-state index is 5.69. The third kappa shape index (κ3) is 4.27. The second kappa shape index (κ2) is 9.20. The Morgan fingerprint density at radius 1 is 0.927 bits per heavy atom. The van der Waals surface area contributed by atoms with Crippen LogP contribution in [0.4, 0.5) is 5.69 Å². The molecular formula is C34H43N5O2. The lowest BCUT2D eigenvalue weighted by Crippen LogP contribution is -2.45. The van der Waals surface area contributed by atoms with Crippen molar-refractivity contribution in [3.63, 3.8) is 0 Å². The molecule has 0 unspecified atom stereocenters. The van der Waals surface area contributed by atoms with Gasteiger partial charge in [-0.3, -0.25) is 0 Å². The van der Waals surface area contributed by atoms with Crippen LogP contribution in [0.2, 0.25) is 0 Å². The first kappa shape index (κ1) is 27.6. The Morgan fingerprint density at radius 3 is 2.29 bits per heavy atom. The molecule has 0 saturated carbocycles. The van der Waals surface area contributed by atoms with Crippen molar-refractivity contribution < 1.29 is 9.47 Å². The Hall–Kier alpha value is -3.61. The van der Waals surface area contributed by atoms with Crippen LogP contribution in [0.25, 0.3) is 23.1 Å². The third-order valence-electron chi connectivity index (χ3n) is 9.33. The molecule has 2 aliphatic rings. The topological polar surface area (TPSA) is 64.8 Å². The van der Waals surface area contributed by atoms with Gasteiger partial charge in [-0.1, -0.05) is 48.5 Å². The van der Waals surface area contributed by atoms with Gasteiger partial charge in [-0.2, -0.15) is 9.61 Å². The van der Waals surface area contributed by atoms with Crippen LogP contribution in [0.5, 0.6) is 11.5 Å². The van der Waals surface area contributed by atoms with Gasteiger partial charge in [0.15, 0.2) is 11.5 Å². The lowest BCUT2D eigenvalue weighted by atomic mass is 9.67.